The van der Waals surface area contributed by atoms with Crippen molar-refractivity contribution in [2.75, 3.05) is 19.5 Å². The predicted octanol–water partition coefficient (Wildman–Crippen LogP) is 4.04. The van der Waals surface area contributed by atoms with Gasteiger partial charge in [0.05, 0.1) is 19.9 Å². The van der Waals surface area contributed by atoms with Crippen molar-refractivity contribution in [3.8, 4) is 17.2 Å². The van der Waals surface area contributed by atoms with Crippen LogP contribution in [-0.4, -0.2) is 26.2 Å². The van der Waals surface area contributed by atoms with Crippen LogP contribution in [-0.2, 0) is 4.79 Å². The molecule has 0 fully saturated rings. The van der Waals surface area contributed by atoms with Gasteiger partial charge in [-0.05, 0) is 62.6 Å². The Morgan fingerprint density at radius 2 is 1.72 bits per heavy atom. The summed E-state index contributed by atoms with van der Waals surface area (Å²) in [6, 6.07) is 9.26. The molecule has 134 valence electrons. The highest BCUT2D eigenvalue weighted by molar-refractivity contribution is 5.95. The second-order valence-electron chi connectivity index (χ2n) is 6.02. The van der Waals surface area contributed by atoms with Crippen LogP contribution in [0.2, 0.25) is 0 Å². The number of hydrogen-bond acceptors (Lipinski definition) is 4. The Labute approximate surface area is 148 Å². The number of anilines is 1. The Morgan fingerprint density at radius 1 is 1.00 bits per heavy atom. The highest BCUT2D eigenvalue weighted by Gasteiger charge is 2.18. The summed E-state index contributed by atoms with van der Waals surface area (Å²) in [4.78, 5) is 12.5. The molecule has 1 atom stereocenters. The number of methoxy groups -OCH3 is 2. The van der Waals surface area contributed by atoms with Crippen LogP contribution in [0, 0.1) is 20.8 Å². The number of benzene rings is 2. The second-order valence-corrected chi connectivity index (χ2v) is 6.02. The van der Waals surface area contributed by atoms with Crippen LogP contribution in [0.4, 0.5) is 5.69 Å². The quantitative estimate of drug-likeness (QED) is 0.860. The zero-order chi connectivity index (χ0) is 18.6. The van der Waals surface area contributed by atoms with Gasteiger partial charge in [-0.25, -0.2) is 0 Å². The molecule has 0 bridgehead atoms. The molecular weight excluding hydrogens is 318 g/mol. The lowest BCUT2D eigenvalue weighted by Gasteiger charge is -2.19. The van der Waals surface area contributed by atoms with Gasteiger partial charge in [-0.2, -0.15) is 0 Å². The van der Waals surface area contributed by atoms with Gasteiger partial charge in [-0.15, -0.1) is 0 Å². The van der Waals surface area contributed by atoms with E-state index in [0.29, 0.717) is 17.2 Å². The Kier molecular flexibility index (Phi) is 5.91. The van der Waals surface area contributed by atoms with Crippen LogP contribution < -0.4 is 19.5 Å². The summed E-state index contributed by atoms with van der Waals surface area (Å²) in [5.41, 5.74) is 3.84. The van der Waals surface area contributed by atoms with E-state index >= 15 is 0 Å². The van der Waals surface area contributed by atoms with Gasteiger partial charge in [0.25, 0.3) is 5.91 Å². The normalized spacial score (nSPS) is 11.6. The Hall–Kier alpha value is -2.69. The van der Waals surface area contributed by atoms with E-state index in [9.17, 15) is 4.79 Å². The van der Waals surface area contributed by atoms with E-state index in [1.54, 1.807) is 39.3 Å². The molecule has 2 rings (SSSR count). The van der Waals surface area contributed by atoms with Crippen molar-refractivity contribution in [3.05, 3.63) is 47.0 Å². The zero-order valence-corrected chi connectivity index (χ0v) is 15.6. The fraction of sp³-hybridized carbons (Fsp3) is 0.350. The van der Waals surface area contributed by atoms with Gasteiger partial charge in [-0.1, -0.05) is 6.07 Å². The summed E-state index contributed by atoms with van der Waals surface area (Å²) >= 11 is 0. The smallest absolute Gasteiger partial charge is 0.265 e. The average molecular weight is 343 g/mol. The van der Waals surface area contributed by atoms with Crippen molar-refractivity contribution in [1.82, 2.24) is 0 Å². The van der Waals surface area contributed by atoms with Crippen molar-refractivity contribution in [1.29, 1.82) is 0 Å². The second kappa shape index (κ2) is 7.92. The minimum atomic E-state index is -0.647. The van der Waals surface area contributed by atoms with E-state index in [1.165, 1.54) is 0 Å². The number of hydrogen-bond donors (Lipinski definition) is 1. The first-order valence-electron chi connectivity index (χ1n) is 8.13. The van der Waals surface area contributed by atoms with Crippen molar-refractivity contribution >= 4 is 11.6 Å². The maximum absolute atomic E-state index is 12.5. The number of carbonyl (C=O) groups excluding carboxylic acids is 1. The van der Waals surface area contributed by atoms with Crippen LogP contribution in [0.1, 0.15) is 23.6 Å². The number of carbonyl (C=O) groups is 1. The molecule has 5 nitrogen and oxygen atoms in total. The fourth-order valence-electron chi connectivity index (χ4n) is 2.50. The number of aryl methyl sites for hydroxylation is 2. The number of rotatable bonds is 6. The Balaban J connectivity index is 2.13. The van der Waals surface area contributed by atoms with E-state index in [4.69, 9.17) is 14.2 Å². The average Bonchev–Trinajstić information content (AvgIpc) is 2.59. The monoisotopic (exact) mass is 343 g/mol. The molecule has 0 aliphatic carbocycles. The van der Waals surface area contributed by atoms with Crippen LogP contribution in [0.5, 0.6) is 17.2 Å². The molecule has 0 saturated carbocycles. The van der Waals surface area contributed by atoms with E-state index in [0.717, 1.165) is 22.4 Å². The molecule has 0 spiro atoms. The first kappa shape index (κ1) is 18.6. The van der Waals surface area contributed by atoms with E-state index in [-0.39, 0.29) is 5.91 Å². The van der Waals surface area contributed by atoms with Crippen molar-refractivity contribution in [2.24, 2.45) is 0 Å². The molecule has 0 aromatic heterocycles. The van der Waals surface area contributed by atoms with E-state index < -0.39 is 6.10 Å². The van der Waals surface area contributed by atoms with Gasteiger partial charge in [0, 0.05) is 6.07 Å². The maximum atomic E-state index is 12.5. The van der Waals surface area contributed by atoms with Crippen molar-refractivity contribution in [2.45, 2.75) is 33.8 Å². The van der Waals surface area contributed by atoms with Gasteiger partial charge in [0.15, 0.2) is 6.10 Å². The van der Waals surface area contributed by atoms with Gasteiger partial charge >= 0.3 is 0 Å². The van der Waals surface area contributed by atoms with Gasteiger partial charge in [0.2, 0.25) is 0 Å². The van der Waals surface area contributed by atoms with Gasteiger partial charge < -0.3 is 19.5 Å². The molecule has 2 aromatic rings. The third kappa shape index (κ3) is 4.44. The maximum Gasteiger partial charge on any atom is 0.265 e. The minimum Gasteiger partial charge on any atom is -0.497 e. The predicted molar refractivity (Wildman–Crippen MR) is 98.9 cm³/mol. The SMILES string of the molecule is COc1ccc(NC(=O)[C@H](C)Oc2cc(C)cc(C)c2C)c(OC)c1. The van der Waals surface area contributed by atoms with Crippen LogP contribution in [0.3, 0.4) is 0 Å². The highest BCUT2D eigenvalue weighted by Crippen LogP contribution is 2.29. The molecule has 0 heterocycles. The van der Waals surface area contributed by atoms with Crippen LogP contribution >= 0.6 is 0 Å². The molecule has 0 unspecified atom stereocenters. The topological polar surface area (TPSA) is 56.8 Å². The number of amides is 1. The lowest BCUT2D eigenvalue weighted by atomic mass is 10.1. The molecule has 2 aromatic carbocycles. The molecule has 0 aliphatic rings. The zero-order valence-electron chi connectivity index (χ0n) is 15.6. The number of ether oxygens (including phenoxy) is 3. The van der Waals surface area contributed by atoms with Crippen LogP contribution in [0.15, 0.2) is 30.3 Å². The summed E-state index contributed by atoms with van der Waals surface area (Å²) in [6.07, 6.45) is -0.647. The molecular formula is C20H25NO4. The number of nitrogens with one attached hydrogen (secondary N) is 1. The third-order valence-electron chi connectivity index (χ3n) is 4.10. The molecule has 0 saturated heterocycles. The molecule has 25 heavy (non-hydrogen) atoms. The first-order chi connectivity index (χ1) is 11.8. The van der Waals surface area contributed by atoms with Crippen LogP contribution in [0.25, 0.3) is 0 Å². The van der Waals surface area contributed by atoms with Gasteiger partial charge in [-0.3, -0.25) is 4.79 Å². The molecule has 1 amide bonds. The summed E-state index contributed by atoms with van der Waals surface area (Å²) in [5, 5.41) is 2.84. The van der Waals surface area contributed by atoms with Gasteiger partial charge in [0.1, 0.15) is 17.2 Å². The summed E-state index contributed by atoms with van der Waals surface area (Å²) in [5.74, 6) is 1.66. The summed E-state index contributed by atoms with van der Waals surface area (Å²) in [7, 11) is 3.12. The van der Waals surface area contributed by atoms with E-state index in [1.807, 2.05) is 26.8 Å². The summed E-state index contributed by atoms with van der Waals surface area (Å²) < 4.78 is 16.3. The first-order valence-corrected chi connectivity index (χ1v) is 8.13. The Bertz CT molecular complexity index is 771. The lowest BCUT2D eigenvalue weighted by Crippen LogP contribution is -2.30. The lowest BCUT2D eigenvalue weighted by molar-refractivity contribution is -0.122. The van der Waals surface area contributed by atoms with Crippen molar-refractivity contribution in [3.63, 3.8) is 0 Å². The Morgan fingerprint density at radius 3 is 2.36 bits per heavy atom. The molecule has 5 heteroatoms. The molecule has 0 radical (unpaired) electrons. The molecule has 0 aliphatic heterocycles. The molecule has 1 N–H and O–H groups in total. The fourth-order valence-corrected chi connectivity index (χ4v) is 2.50. The minimum absolute atomic E-state index is 0.248. The highest BCUT2D eigenvalue weighted by atomic mass is 16.5. The largest absolute Gasteiger partial charge is 0.497 e. The summed E-state index contributed by atoms with van der Waals surface area (Å²) in [6.45, 7) is 7.75. The van der Waals surface area contributed by atoms with Crippen molar-refractivity contribution < 1.29 is 19.0 Å². The third-order valence-corrected chi connectivity index (χ3v) is 4.10. The standard InChI is InChI=1S/C20H25NO4/c1-12-9-13(2)14(3)18(10-12)25-15(4)20(22)21-17-8-7-16(23-5)11-19(17)24-6/h7-11,15H,1-6H3,(H,21,22)/t15-/m0/s1. The van der Waals surface area contributed by atoms with E-state index in [2.05, 4.69) is 11.4 Å².